The Morgan fingerprint density at radius 1 is 0.364 bits per heavy atom. The highest BCUT2D eigenvalue weighted by Gasteiger charge is 2.19. The number of anilines is 3. The number of hydrogen-bond donors (Lipinski definition) is 0. The molecule has 0 saturated heterocycles. The third-order valence-electron chi connectivity index (χ3n) is 11.0. The van der Waals surface area contributed by atoms with E-state index < -0.39 is 0 Å². The van der Waals surface area contributed by atoms with Gasteiger partial charge >= 0.3 is 0 Å². The highest BCUT2D eigenvalue weighted by Crippen LogP contribution is 2.43. The summed E-state index contributed by atoms with van der Waals surface area (Å²) in [5.74, 6) is 0. The summed E-state index contributed by atoms with van der Waals surface area (Å²) >= 11 is 1.86. The number of benzene rings is 9. The van der Waals surface area contributed by atoms with Crippen molar-refractivity contribution in [2.75, 3.05) is 4.90 Å². The van der Waals surface area contributed by atoms with Gasteiger partial charge in [0, 0.05) is 53.3 Å². The van der Waals surface area contributed by atoms with Crippen LogP contribution in [0.4, 0.5) is 17.1 Å². The van der Waals surface area contributed by atoms with Gasteiger partial charge in [-0.3, -0.25) is 0 Å². The predicted molar refractivity (Wildman–Crippen MR) is 237 cm³/mol. The number of hydrogen-bond acceptors (Lipinski definition) is 2. The Labute approximate surface area is 323 Å². The molecule has 2 aromatic heterocycles. The molecule has 0 N–H and O–H groups in total. The molecule has 0 amide bonds. The van der Waals surface area contributed by atoms with Crippen molar-refractivity contribution in [1.82, 2.24) is 4.57 Å². The lowest BCUT2D eigenvalue weighted by atomic mass is 9.98. The topological polar surface area (TPSA) is 8.17 Å². The van der Waals surface area contributed by atoms with Gasteiger partial charge in [-0.25, -0.2) is 0 Å². The molecule has 258 valence electrons. The second-order valence-electron chi connectivity index (χ2n) is 14.1. The molecule has 0 radical (unpaired) electrons. The van der Waals surface area contributed by atoms with E-state index in [-0.39, 0.29) is 0 Å². The van der Waals surface area contributed by atoms with E-state index in [0.717, 1.165) is 17.1 Å². The van der Waals surface area contributed by atoms with Crippen LogP contribution in [-0.4, -0.2) is 4.57 Å². The average Bonchev–Trinajstić information content (AvgIpc) is 3.81. The molecular weight excluding hydrogens is 685 g/mol. The summed E-state index contributed by atoms with van der Waals surface area (Å²) in [5.41, 5.74) is 11.8. The largest absolute Gasteiger partial charge is 0.310 e. The molecule has 2 nitrogen and oxygen atoms in total. The van der Waals surface area contributed by atoms with Crippen molar-refractivity contribution in [3.63, 3.8) is 0 Å². The summed E-state index contributed by atoms with van der Waals surface area (Å²) < 4.78 is 5.06. The highest BCUT2D eigenvalue weighted by molar-refractivity contribution is 7.25. The summed E-state index contributed by atoms with van der Waals surface area (Å²) in [7, 11) is 0. The summed E-state index contributed by atoms with van der Waals surface area (Å²) in [5, 5.41) is 7.61. The number of fused-ring (bicyclic) bond motifs is 7. The van der Waals surface area contributed by atoms with E-state index in [1.165, 1.54) is 80.7 Å². The first kappa shape index (κ1) is 31.6. The molecule has 11 aromatic rings. The second-order valence-corrected chi connectivity index (χ2v) is 15.2. The van der Waals surface area contributed by atoms with Crippen LogP contribution in [0.25, 0.3) is 80.7 Å². The zero-order valence-corrected chi connectivity index (χ0v) is 30.7. The predicted octanol–water partition coefficient (Wildman–Crippen LogP) is 15.1. The molecule has 11 rings (SSSR count). The molecule has 0 unspecified atom stereocenters. The summed E-state index contributed by atoms with van der Waals surface area (Å²) in [6, 6.07) is 75.1. The fourth-order valence-corrected chi connectivity index (χ4v) is 9.65. The Hall–Kier alpha value is -6.94. The maximum atomic E-state index is 2.41. The molecule has 2 heterocycles. The molecule has 0 aliphatic heterocycles. The van der Waals surface area contributed by atoms with Gasteiger partial charge in [0.25, 0.3) is 0 Å². The Bertz CT molecular complexity index is 3150. The van der Waals surface area contributed by atoms with Gasteiger partial charge in [0.15, 0.2) is 0 Å². The minimum Gasteiger partial charge on any atom is -0.310 e. The number of thiophene rings is 1. The molecule has 0 saturated carbocycles. The standard InChI is InChI=1S/C52H34N2S/c1-2-15-40-35(13-1)14-11-24-46(40)53(39-33-29-37(30-34-39)42-20-12-26-51-52(42)45-19-6-10-25-50(45)55-51)38-31-27-36(28-32-38)41-16-3-7-21-47(41)54-48-22-8-4-17-43(48)44-18-5-9-23-49(44)54/h1-34H. The van der Waals surface area contributed by atoms with E-state index >= 15 is 0 Å². The number of nitrogens with zero attached hydrogens (tertiary/aromatic N) is 2. The molecule has 0 aliphatic carbocycles. The van der Waals surface area contributed by atoms with Gasteiger partial charge in [0.1, 0.15) is 0 Å². The van der Waals surface area contributed by atoms with Gasteiger partial charge in [0.2, 0.25) is 0 Å². The van der Waals surface area contributed by atoms with Gasteiger partial charge in [-0.05, 0) is 82.7 Å². The minimum absolute atomic E-state index is 1.10. The van der Waals surface area contributed by atoms with Crippen molar-refractivity contribution in [3.05, 3.63) is 206 Å². The lowest BCUT2D eigenvalue weighted by Gasteiger charge is -2.27. The third kappa shape index (κ3) is 5.16. The normalized spacial score (nSPS) is 11.6. The molecule has 0 atom stereocenters. The molecule has 0 bridgehead atoms. The molecule has 9 aromatic carbocycles. The molecule has 3 heteroatoms. The first-order valence-corrected chi connectivity index (χ1v) is 19.6. The maximum absolute atomic E-state index is 2.41. The quantitative estimate of drug-likeness (QED) is 0.166. The van der Waals surface area contributed by atoms with Gasteiger partial charge in [-0.2, -0.15) is 0 Å². The van der Waals surface area contributed by atoms with Gasteiger partial charge < -0.3 is 9.47 Å². The molecule has 0 fully saturated rings. The van der Waals surface area contributed by atoms with Gasteiger partial charge in [-0.1, -0.05) is 146 Å². The zero-order chi connectivity index (χ0) is 36.3. The lowest BCUT2D eigenvalue weighted by Crippen LogP contribution is -2.10. The van der Waals surface area contributed by atoms with Crippen LogP contribution in [0.3, 0.4) is 0 Å². The van der Waals surface area contributed by atoms with E-state index in [9.17, 15) is 0 Å². The Kier molecular flexibility index (Phi) is 7.39. The second kappa shape index (κ2) is 12.9. The van der Waals surface area contributed by atoms with Crippen molar-refractivity contribution < 1.29 is 0 Å². The minimum atomic E-state index is 1.10. The van der Waals surface area contributed by atoms with Crippen LogP contribution in [0.5, 0.6) is 0 Å². The maximum Gasteiger partial charge on any atom is 0.0541 e. The summed E-state index contributed by atoms with van der Waals surface area (Å²) in [6.45, 7) is 0. The average molecular weight is 719 g/mol. The van der Waals surface area contributed by atoms with E-state index in [1.807, 2.05) is 11.3 Å². The van der Waals surface area contributed by atoms with E-state index in [4.69, 9.17) is 0 Å². The van der Waals surface area contributed by atoms with Crippen LogP contribution < -0.4 is 4.90 Å². The van der Waals surface area contributed by atoms with Crippen LogP contribution in [0.1, 0.15) is 0 Å². The summed E-state index contributed by atoms with van der Waals surface area (Å²) in [6.07, 6.45) is 0. The Morgan fingerprint density at radius 2 is 0.873 bits per heavy atom. The van der Waals surface area contributed by atoms with Gasteiger partial charge in [0.05, 0.1) is 22.4 Å². The Balaban J connectivity index is 1.04. The zero-order valence-electron chi connectivity index (χ0n) is 29.9. The van der Waals surface area contributed by atoms with Crippen molar-refractivity contribution in [3.8, 4) is 27.9 Å². The fourth-order valence-electron chi connectivity index (χ4n) is 8.52. The van der Waals surface area contributed by atoms with Crippen molar-refractivity contribution in [1.29, 1.82) is 0 Å². The Morgan fingerprint density at radius 3 is 1.60 bits per heavy atom. The third-order valence-corrected chi connectivity index (χ3v) is 12.1. The van der Waals surface area contributed by atoms with E-state index in [2.05, 4.69) is 216 Å². The molecular formula is C52H34N2S. The van der Waals surface area contributed by atoms with Crippen molar-refractivity contribution in [2.45, 2.75) is 0 Å². The first-order valence-electron chi connectivity index (χ1n) is 18.8. The molecule has 0 spiro atoms. The monoisotopic (exact) mass is 718 g/mol. The number of aromatic nitrogens is 1. The van der Waals surface area contributed by atoms with Gasteiger partial charge in [-0.15, -0.1) is 11.3 Å². The van der Waals surface area contributed by atoms with Crippen LogP contribution in [-0.2, 0) is 0 Å². The highest BCUT2D eigenvalue weighted by atomic mass is 32.1. The lowest BCUT2D eigenvalue weighted by molar-refractivity contribution is 1.18. The first-order chi connectivity index (χ1) is 27.3. The molecule has 0 aliphatic rings. The van der Waals surface area contributed by atoms with Crippen molar-refractivity contribution >= 4 is 81.1 Å². The fraction of sp³-hybridized carbons (Fsp3) is 0. The molecule has 55 heavy (non-hydrogen) atoms. The smallest absolute Gasteiger partial charge is 0.0541 e. The summed E-state index contributed by atoms with van der Waals surface area (Å²) in [4.78, 5) is 2.40. The van der Waals surface area contributed by atoms with Crippen LogP contribution in [0.2, 0.25) is 0 Å². The van der Waals surface area contributed by atoms with Crippen LogP contribution in [0.15, 0.2) is 206 Å². The number of para-hydroxylation sites is 3. The van der Waals surface area contributed by atoms with E-state index in [1.54, 1.807) is 0 Å². The SMILES string of the molecule is c1ccc(-n2c3ccccc3c3ccccc32)c(-c2ccc(N(c3ccc(-c4cccc5sc6ccccc6c45)cc3)c3cccc4ccccc34)cc2)c1. The number of rotatable bonds is 6. The van der Waals surface area contributed by atoms with E-state index in [0.29, 0.717) is 0 Å². The van der Waals surface area contributed by atoms with Crippen LogP contribution in [0, 0.1) is 0 Å². The van der Waals surface area contributed by atoms with Crippen LogP contribution >= 0.6 is 11.3 Å². The van der Waals surface area contributed by atoms with Crippen molar-refractivity contribution in [2.24, 2.45) is 0 Å².